The van der Waals surface area contributed by atoms with Crippen LogP contribution in [0, 0.1) is 5.92 Å². The molecule has 0 amide bonds. The molecule has 0 saturated heterocycles. The van der Waals surface area contributed by atoms with Gasteiger partial charge >= 0.3 is 0 Å². The van der Waals surface area contributed by atoms with Crippen LogP contribution in [0.15, 0.2) is 0 Å². The minimum atomic E-state index is -1.14. The van der Waals surface area contributed by atoms with Gasteiger partial charge in [0.2, 0.25) is 0 Å². The van der Waals surface area contributed by atoms with Gasteiger partial charge in [-0.05, 0) is 31.7 Å². The van der Waals surface area contributed by atoms with E-state index in [0.29, 0.717) is 25.3 Å². The molecule has 1 rings (SSSR count). The largest absolute Gasteiger partial charge is 0.381 e. The summed E-state index contributed by atoms with van der Waals surface area (Å²) < 4.78 is 19.4. The summed E-state index contributed by atoms with van der Waals surface area (Å²) in [7, 11) is 1.57. The Labute approximate surface area is 92.4 Å². The van der Waals surface area contributed by atoms with Crippen molar-refractivity contribution in [1.29, 1.82) is 0 Å². The Morgan fingerprint density at radius 2 is 2.07 bits per heavy atom. The maximum atomic E-state index is 14.5. The lowest BCUT2D eigenvalue weighted by Gasteiger charge is -2.27. The fourth-order valence-electron chi connectivity index (χ4n) is 2.64. The van der Waals surface area contributed by atoms with E-state index in [1.54, 1.807) is 7.11 Å². The molecule has 1 unspecified atom stereocenters. The van der Waals surface area contributed by atoms with Gasteiger partial charge in [-0.15, -0.1) is 0 Å². The van der Waals surface area contributed by atoms with E-state index in [1.165, 1.54) is 25.7 Å². The zero-order chi connectivity index (χ0) is 11.1. The lowest BCUT2D eigenvalue weighted by atomic mass is 9.88. The number of alkyl halides is 1. The first-order valence-electron chi connectivity index (χ1n) is 6.08. The second-order valence-corrected chi connectivity index (χ2v) is 4.83. The highest BCUT2D eigenvalue weighted by atomic mass is 19.1. The van der Waals surface area contributed by atoms with Gasteiger partial charge < -0.3 is 10.5 Å². The lowest BCUT2D eigenvalue weighted by molar-refractivity contribution is 0.0151. The van der Waals surface area contributed by atoms with Crippen molar-refractivity contribution in [2.75, 3.05) is 20.3 Å². The number of ether oxygens (including phenoxy) is 1. The van der Waals surface area contributed by atoms with Crippen LogP contribution < -0.4 is 5.73 Å². The highest BCUT2D eigenvalue weighted by molar-refractivity contribution is 4.84. The van der Waals surface area contributed by atoms with Crippen molar-refractivity contribution in [3.63, 3.8) is 0 Å². The molecule has 15 heavy (non-hydrogen) atoms. The fourth-order valence-corrected chi connectivity index (χ4v) is 2.64. The SMILES string of the molecule is COCC(F)(CCCN)CC1CCCC1. The smallest absolute Gasteiger partial charge is 0.134 e. The molecular formula is C12H24FNO. The number of hydrogen-bond donors (Lipinski definition) is 1. The van der Waals surface area contributed by atoms with E-state index in [1.807, 2.05) is 0 Å². The summed E-state index contributed by atoms with van der Waals surface area (Å²) in [4.78, 5) is 0. The van der Waals surface area contributed by atoms with Crippen LogP contribution in [0.2, 0.25) is 0 Å². The normalized spacial score (nSPS) is 21.8. The summed E-state index contributed by atoms with van der Waals surface area (Å²) in [5.74, 6) is 0.572. The van der Waals surface area contributed by atoms with Gasteiger partial charge in [0.25, 0.3) is 0 Å². The molecule has 2 nitrogen and oxygen atoms in total. The molecule has 0 aliphatic heterocycles. The van der Waals surface area contributed by atoms with Crippen LogP contribution in [0.4, 0.5) is 4.39 Å². The van der Waals surface area contributed by atoms with Crippen molar-refractivity contribution in [3.8, 4) is 0 Å². The van der Waals surface area contributed by atoms with Crippen LogP contribution in [0.3, 0.4) is 0 Å². The summed E-state index contributed by atoms with van der Waals surface area (Å²) in [6.45, 7) is 0.795. The van der Waals surface area contributed by atoms with E-state index in [0.717, 1.165) is 6.42 Å². The maximum absolute atomic E-state index is 14.5. The summed E-state index contributed by atoms with van der Waals surface area (Å²) in [5.41, 5.74) is 4.30. The van der Waals surface area contributed by atoms with Gasteiger partial charge in [0.1, 0.15) is 5.67 Å². The first-order valence-corrected chi connectivity index (χ1v) is 6.08. The average Bonchev–Trinajstić information content (AvgIpc) is 2.68. The van der Waals surface area contributed by atoms with Gasteiger partial charge in [-0.1, -0.05) is 25.7 Å². The Kier molecular flexibility index (Phi) is 5.54. The minimum Gasteiger partial charge on any atom is -0.381 e. The van der Waals surface area contributed by atoms with Gasteiger partial charge in [-0.2, -0.15) is 0 Å². The van der Waals surface area contributed by atoms with Crippen molar-refractivity contribution in [2.45, 2.75) is 50.6 Å². The predicted octanol–water partition coefficient (Wildman–Crippen LogP) is 2.66. The first kappa shape index (κ1) is 12.9. The molecule has 2 N–H and O–H groups in total. The molecule has 0 heterocycles. The van der Waals surface area contributed by atoms with E-state index in [4.69, 9.17) is 10.5 Å². The second-order valence-electron chi connectivity index (χ2n) is 4.83. The van der Waals surface area contributed by atoms with Crippen LogP contribution in [-0.2, 0) is 4.74 Å². The van der Waals surface area contributed by atoms with Gasteiger partial charge in [-0.25, -0.2) is 4.39 Å². The maximum Gasteiger partial charge on any atom is 0.134 e. The molecule has 1 saturated carbocycles. The molecule has 3 heteroatoms. The molecule has 0 aromatic heterocycles. The van der Waals surface area contributed by atoms with Crippen molar-refractivity contribution in [3.05, 3.63) is 0 Å². The molecule has 0 bridgehead atoms. The quantitative estimate of drug-likeness (QED) is 0.711. The highest BCUT2D eigenvalue weighted by Gasteiger charge is 2.33. The van der Waals surface area contributed by atoms with E-state index >= 15 is 0 Å². The van der Waals surface area contributed by atoms with E-state index in [2.05, 4.69) is 0 Å². The average molecular weight is 217 g/mol. The number of hydrogen-bond acceptors (Lipinski definition) is 2. The monoisotopic (exact) mass is 217 g/mol. The summed E-state index contributed by atoms with van der Waals surface area (Å²) in [5, 5.41) is 0. The van der Waals surface area contributed by atoms with Crippen LogP contribution in [0.1, 0.15) is 44.9 Å². The molecule has 90 valence electrons. The zero-order valence-electron chi connectivity index (χ0n) is 9.80. The zero-order valence-corrected chi connectivity index (χ0v) is 9.80. The molecule has 1 aliphatic rings. The Bertz CT molecular complexity index is 171. The third-order valence-electron chi connectivity index (χ3n) is 3.36. The van der Waals surface area contributed by atoms with Crippen molar-refractivity contribution < 1.29 is 9.13 Å². The minimum absolute atomic E-state index is 0.226. The Balaban J connectivity index is 2.39. The second kappa shape index (κ2) is 6.44. The van der Waals surface area contributed by atoms with Crippen LogP contribution >= 0.6 is 0 Å². The third kappa shape index (κ3) is 4.47. The van der Waals surface area contributed by atoms with E-state index < -0.39 is 5.67 Å². The molecule has 0 aromatic carbocycles. The molecule has 1 atom stereocenters. The fraction of sp³-hybridized carbons (Fsp3) is 1.00. The standard InChI is InChI=1S/C12H24FNO/c1-15-10-12(13,7-4-8-14)9-11-5-2-3-6-11/h11H,2-10,14H2,1H3. The van der Waals surface area contributed by atoms with Gasteiger partial charge in [0.15, 0.2) is 0 Å². The van der Waals surface area contributed by atoms with Gasteiger partial charge in [-0.3, -0.25) is 0 Å². The summed E-state index contributed by atoms with van der Waals surface area (Å²) >= 11 is 0. The Morgan fingerprint density at radius 3 is 2.60 bits per heavy atom. The molecule has 0 radical (unpaired) electrons. The van der Waals surface area contributed by atoms with E-state index in [9.17, 15) is 4.39 Å². The van der Waals surface area contributed by atoms with Gasteiger partial charge in [0, 0.05) is 7.11 Å². The molecule has 0 aromatic rings. The van der Waals surface area contributed by atoms with Crippen molar-refractivity contribution in [2.24, 2.45) is 11.7 Å². The third-order valence-corrected chi connectivity index (χ3v) is 3.36. The number of methoxy groups -OCH3 is 1. The van der Waals surface area contributed by atoms with Crippen molar-refractivity contribution >= 4 is 0 Å². The molecular weight excluding hydrogens is 193 g/mol. The lowest BCUT2D eigenvalue weighted by Crippen LogP contribution is -2.32. The van der Waals surface area contributed by atoms with Crippen LogP contribution in [-0.4, -0.2) is 25.9 Å². The number of nitrogens with two attached hydrogens (primary N) is 1. The molecule has 0 spiro atoms. The summed E-state index contributed by atoms with van der Waals surface area (Å²) in [6, 6.07) is 0. The topological polar surface area (TPSA) is 35.2 Å². The van der Waals surface area contributed by atoms with E-state index in [-0.39, 0.29) is 6.61 Å². The van der Waals surface area contributed by atoms with Crippen molar-refractivity contribution in [1.82, 2.24) is 0 Å². The first-order chi connectivity index (χ1) is 7.20. The predicted molar refractivity (Wildman–Crippen MR) is 60.6 cm³/mol. The van der Waals surface area contributed by atoms with Gasteiger partial charge in [0.05, 0.1) is 6.61 Å². The molecule has 1 fully saturated rings. The van der Waals surface area contributed by atoms with Crippen LogP contribution in [0.5, 0.6) is 0 Å². The molecule has 1 aliphatic carbocycles. The Hall–Kier alpha value is -0.150. The summed E-state index contributed by atoms with van der Waals surface area (Å²) in [6.07, 6.45) is 6.90. The number of rotatable bonds is 7. The highest BCUT2D eigenvalue weighted by Crippen LogP contribution is 2.35. The number of halogens is 1. The Morgan fingerprint density at radius 1 is 1.40 bits per heavy atom. The van der Waals surface area contributed by atoms with Crippen LogP contribution in [0.25, 0.3) is 0 Å².